The Morgan fingerprint density at radius 1 is 1.43 bits per heavy atom. The first-order valence-corrected chi connectivity index (χ1v) is 7.06. The van der Waals surface area contributed by atoms with Crippen LogP contribution >= 0.6 is 27.5 Å². The monoisotopic (exact) mass is 372 g/mol. The zero-order valence-corrected chi connectivity index (χ0v) is 13.5. The lowest BCUT2D eigenvalue weighted by molar-refractivity contribution is 0.102. The van der Waals surface area contributed by atoms with Crippen molar-refractivity contribution < 1.29 is 13.9 Å². The molecule has 0 fully saturated rings. The van der Waals surface area contributed by atoms with E-state index < -0.39 is 11.7 Å². The second-order valence-corrected chi connectivity index (χ2v) is 5.52. The van der Waals surface area contributed by atoms with Crippen LogP contribution in [0.15, 0.2) is 28.9 Å². The molecular weight excluding hydrogens is 363 g/mol. The van der Waals surface area contributed by atoms with Gasteiger partial charge in [-0.05, 0) is 30.7 Å². The highest BCUT2D eigenvalue weighted by Crippen LogP contribution is 2.32. The molecule has 0 spiro atoms. The number of carbonyl (C=O) groups is 1. The van der Waals surface area contributed by atoms with E-state index in [1.165, 1.54) is 7.11 Å². The molecule has 2 aromatic rings. The third-order valence-corrected chi connectivity index (χ3v) is 3.53. The maximum Gasteiger partial charge on any atom is 0.259 e. The molecule has 0 unspecified atom stereocenters. The molecule has 0 saturated carbocycles. The van der Waals surface area contributed by atoms with E-state index in [1.807, 2.05) is 13.0 Å². The lowest BCUT2D eigenvalue weighted by Gasteiger charge is -2.14. The van der Waals surface area contributed by atoms with Crippen molar-refractivity contribution in [1.82, 2.24) is 4.98 Å². The maximum absolute atomic E-state index is 13.2. The summed E-state index contributed by atoms with van der Waals surface area (Å²) in [4.78, 5) is 15.8. The van der Waals surface area contributed by atoms with Crippen molar-refractivity contribution in [2.45, 2.75) is 6.92 Å². The van der Waals surface area contributed by atoms with E-state index >= 15 is 0 Å². The summed E-state index contributed by atoms with van der Waals surface area (Å²) < 4.78 is 19.2. The zero-order chi connectivity index (χ0) is 15.6. The molecule has 1 N–H and O–H groups in total. The van der Waals surface area contributed by atoms with E-state index in [0.29, 0.717) is 11.4 Å². The Labute approximate surface area is 134 Å². The van der Waals surface area contributed by atoms with Gasteiger partial charge < -0.3 is 10.1 Å². The maximum atomic E-state index is 13.2. The van der Waals surface area contributed by atoms with Gasteiger partial charge in [-0.15, -0.1) is 0 Å². The minimum Gasteiger partial charge on any atom is -0.495 e. The summed E-state index contributed by atoms with van der Waals surface area (Å²) >= 11 is 9.17. The number of benzene rings is 1. The van der Waals surface area contributed by atoms with E-state index in [0.717, 1.165) is 22.3 Å². The fraction of sp³-hybridized carbons (Fsp3) is 0.143. The first-order chi connectivity index (χ1) is 9.92. The minimum atomic E-state index is -0.635. The molecule has 0 bridgehead atoms. The summed E-state index contributed by atoms with van der Waals surface area (Å²) in [6, 6.07) is 4.57. The number of hydrogen-bond acceptors (Lipinski definition) is 3. The van der Waals surface area contributed by atoms with Gasteiger partial charge >= 0.3 is 0 Å². The number of anilines is 1. The highest BCUT2D eigenvalue weighted by molar-refractivity contribution is 9.10. The highest BCUT2D eigenvalue weighted by Gasteiger charge is 2.16. The first kappa shape index (κ1) is 15.7. The summed E-state index contributed by atoms with van der Waals surface area (Å²) in [5.41, 5.74) is 1.24. The molecule has 0 aliphatic carbocycles. The fourth-order valence-electron chi connectivity index (χ4n) is 1.80. The van der Waals surface area contributed by atoms with Gasteiger partial charge in [0.1, 0.15) is 16.7 Å². The molecule has 0 saturated heterocycles. The van der Waals surface area contributed by atoms with Crippen molar-refractivity contribution >= 4 is 39.1 Å². The van der Waals surface area contributed by atoms with Gasteiger partial charge in [0.2, 0.25) is 0 Å². The molecule has 1 heterocycles. The molecule has 4 nitrogen and oxygen atoms in total. The standard InChI is InChI=1S/C14H11BrClFN2O2/c1-7-3-8(15)4-11(21-2)12(7)19-14(20)10-5-9(17)6-18-13(10)16/h3-6H,1-2H3,(H,19,20). The number of ether oxygens (including phenoxy) is 1. The van der Waals surface area contributed by atoms with Crippen LogP contribution in [0.25, 0.3) is 0 Å². The molecular formula is C14H11BrClFN2O2. The molecule has 2 rings (SSSR count). The van der Waals surface area contributed by atoms with Gasteiger partial charge in [0.05, 0.1) is 24.6 Å². The van der Waals surface area contributed by atoms with Crippen LogP contribution in [-0.2, 0) is 0 Å². The van der Waals surface area contributed by atoms with E-state index in [1.54, 1.807) is 6.07 Å². The van der Waals surface area contributed by atoms with Crippen LogP contribution in [-0.4, -0.2) is 18.0 Å². The van der Waals surface area contributed by atoms with Gasteiger partial charge in [0.15, 0.2) is 0 Å². The lowest BCUT2D eigenvalue weighted by atomic mass is 10.1. The van der Waals surface area contributed by atoms with Crippen LogP contribution in [0.5, 0.6) is 5.75 Å². The van der Waals surface area contributed by atoms with Crippen molar-refractivity contribution in [3.63, 3.8) is 0 Å². The largest absolute Gasteiger partial charge is 0.495 e. The molecule has 21 heavy (non-hydrogen) atoms. The molecule has 0 aliphatic rings. The Balaban J connectivity index is 2.38. The number of rotatable bonds is 3. The van der Waals surface area contributed by atoms with E-state index in [-0.39, 0.29) is 10.7 Å². The fourth-order valence-corrected chi connectivity index (χ4v) is 2.54. The number of methoxy groups -OCH3 is 1. The van der Waals surface area contributed by atoms with E-state index in [2.05, 4.69) is 26.2 Å². The van der Waals surface area contributed by atoms with Gasteiger partial charge in [0, 0.05) is 4.47 Å². The predicted octanol–water partition coefficient (Wildman–Crippen LogP) is 4.21. The smallest absolute Gasteiger partial charge is 0.259 e. The Kier molecular flexibility index (Phi) is 4.80. The van der Waals surface area contributed by atoms with Gasteiger partial charge in [-0.25, -0.2) is 9.37 Å². The van der Waals surface area contributed by atoms with Crippen molar-refractivity contribution in [3.05, 3.63) is 51.0 Å². The summed E-state index contributed by atoms with van der Waals surface area (Å²) in [5, 5.41) is 2.60. The number of aromatic nitrogens is 1. The van der Waals surface area contributed by atoms with Crippen LogP contribution in [0.1, 0.15) is 15.9 Å². The quantitative estimate of drug-likeness (QED) is 0.820. The van der Waals surface area contributed by atoms with Crippen LogP contribution in [0.3, 0.4) is 0 Å². The number of hydrogen-bond donors (Lipinski definition) is 1. The molecule has 0 aliphatic heterocycles. The Hall–Kier alpha value is -1.66. The van der Waals surface area contributed by atoms with Crippen LogP contribution < -0.4 is 10.1 Å². The summed E-state index contributed by atoms with van der Waals surface area (Å²) in [5.74, 6) is -0.713. The molecule has 0 radical (unpaired) electrons. The summed E-state index contributed by atoms with van der Waals surface area (Å²) in [6.45, 7) is 1.81. The Morgan fingerprint density at radius 3 is 2.81 bits per heavy atom. The van der Waals surface area contributed by atoms with E-state index in [4.69, 9.17) is 16.3 Å². The average molecular weight is 374 g/mol. The number of nitrogens with one attached hydrogen (secondary N) is 1. The number of pyridine rings is 1. The van der Waals surface area contributed by atoms with Crippen molar-refractivity contribution in [2.75, 3.05) is 12.4 Å². The Bertz CT molecular complexity index is 710. The summed E-state index contributed by atoms with van der Waals surface area (Å²) in [6.07, 6.45) is 0.949. The molecule has 1 aromatic heterocycles. The number of halogens is 3. The summed E-state index contributed by atoms with van der Waals surface area (Å²) in [7, 11) is 1.49. The van der Waals surface area contributed by atoms with Gasteiger partial charge in [-0.3, -0.25) is 4.79 Å². The normalized spacial score (nSPS) is 10.3. The molecule has 1 aromatic carbocycles. The lowest BCUT2D eigenvalue weighted by Crippen LogP contribution is -2.15. The molecule has 0 atom stereocenters. The zero-order valence-electron chi connectivity index (χ0n) is 11.2. The van der Waals surface area contributed by atoms with Crippen molar-refractivity contribution in [1.29, 1.82) is 0 Å². The van der Waals surface area contributed by atoms with Crippen molar-refractivity contribution in [3.8, 4) is 5.75 Å². The van der Waals surface area contributed by atoms with Gasteiger partial charge in [-0.2, -0.15) is 0 Å². The predicted molar refractivity (Wildman–Crippen MR) is 82.6 cm³/mol. The van der Waals surface area contributed by atoms with Crippen LogP contribution in [0.2, 0.25) is 5.15 Å². The molecule has 7 heteroatoms. The van der Waals surface area contributed by atoms with Gasteiger partial charge in [-0.1, -0.05) is 27.5 Å². The highest BCUT2D eigenvalue weighted by atomic mass is 79.9. The second-order valence-electron chi connectivity index (χ2n) is 4.25. The molecule has 1 amide bonds. The SMILES string of the molecule is COc1cc(Br)cc(C)c1NC(=O)c1cc(F)cnc1Cl. The van der Waals surface area contributed by atoms with Crippen LogP contribution in [0, 0.1) is 12.7 Å². The number of nitrogens with zero attached hydrogens (tertiary/aromatic N) is 1. The number of amides is 1. The average Bonchev–Trinajstić information content (AvgIpc) is 2.43. The Morgan fingerprint density at radius 2 is 2.14 bits per heavy atom. The topological polar surface area (TPSA) is 51.2 Å². The second kappa shape index (κ2) is 6.41. The van der Waals surface area contributed by atoms with Gasteiger partial charge in [0.25, 0.3) is 5.91 Å². The molecule has 110 valence electrons. The number of carbonyl (C=O) groups excluding carboxylic acids is 1. The minimum absolute atomic E-state index is 0.0407. The third-order valence-electron chi connectivity index (χ3n) is 2.77. The van der Waals surface area contributed by atoms with Crippen molar-refractivity contribution in [2.24, 2.45) is 0 Å². The van der Waals surface area contributed by atoms with Crippen LogP contribution in [0.4, 0.5) is 10.1 Å². The third kappa shape index (κ3) is 3.51. The number of aryl methyl sites for hydroxylation is 1. The van der Waals surface area contributed by atoms with E-state index in [9.17, 15) is 9.18 Å². The first-order valence-electron chi connectivity index (χ1n) is 5.89.